The molecule has 0 aliphatic heterocycles. The van der Waals surface area contributed by atoms with Gasteiger partial charge in [-0.25, -0.2) is 8.42 Å². The molecule has 0 atom stereocenters. The average molecular weight is 441 g/mol. The number of rotatable bonds is 2. The summed E-state index contributed by atoms with van der Waals surface area (Å²) in [4.78, 5) is 10.9. The Kier molecular flexibility index (Phi) is 5.30. The summed E-state index contributed by atoms with van der Waals surface area (Å²) in [6.07, 6.45) is 0. The highest BCUT2D eigenvalue weighted by atomic mass is 32.3. The lowest BCUT2D eigenvalue weighted by Gasteiger charge is -2.23. The molecule has 0 unspecified atom stereocenters. The van der Waals surface area contributed by atoms with E-state index < -0.39 is 55.4 Å². The van der Waals surface area contributed by atoms with Gasteiger partial charge in [0.05, 0.1) is 0 Å². The number of sulfonamides is 2. The Hall–Kier alpha value is -1.31. The number of carbonyl (C=O) groups is 1. The predicted molar refractivity (Wildman–Crippen MR) is 52.2 cm³/mol. The summed E-state index contributed by atoms with van der Waals surface area (Å²) in [7, 11) is -23.8. The van der Waals surface area contributed by atoms with E-state index in [0.29, 0.717) is 0 Å². The van der Waals surface area contributed by atoms with Gasteiger partial charge < -0.3 is 0 Å². The van der Waals surface area contributed by atoms with Gasteiger partial charge >= 0.3 is 51.6 Å². The fraction of sp³-hybridized carbons (Fsp3) is 0.750. The first kappa shape index (κ1) is 22.7. The maximum Gasteiger partial charge on any atom is 0.517 e. The number of nitrogens with zero attached hydrogens (tertiary/aromatic N) is 1. The van der Waals surface area contributed by atoms with E-state index >= 15 is 0 Å². The van der Waals surface area contributed by atoms with Crippen LogP contribution in [-0.4, -0.2) is 50.7 Å². The van der Waals surface area contributed by atoms with Gasteiger partial charge in [0.1, 0.15) is 0 Å². The fourth-order valence-electron chi connectivity index (χ4n) is 0.711. The highest BCUT2D eigenvalue weighted by Gasteiger charge is 2.68. The minimum atomic E-state index is -8.03. The van der Waals surface area contributed by atoms with Crippen molar-refractivity contribution in [1.82, 2.24) is 3.71 Å². The van der Waals surface area contributed by atoms with Crippen LogP contribution in [0.15, 0.2) is 0 Å². The molecule has 0 aromatic carbocycles. The van der Waals surface area contributed by atoms with Gasteiger partial charge in [-0.2, -0.15) is 56.3 Å². The zero-order valence-electron chi connectivity index (χ0n) is 9.93. The summed E-state index contributed by atoms with van der Waals surface area (Å²) >= 11 is 0. The SMILES string of the molecule is O=C(N(S(=O)(=O)C(F)(F)F)S(=O)(=O)C(F)(F)F)S(=O)(=O)C(F)(F)F. The van der Waals surface area contributed by atoms with E-state index in [-0.39, 0.29) is 0 Å². The summed E-state index contributed by atoms with van der Waals surface area (Å²) in [6, 6.07) is 0. The lowest BCUT2D eigenvalue weighted by atomic mass is 11.4. The summed E-state index contributed by atoms with van der Waals surface area (Å²) in [5.74, 6) is 0. The van der Waals surface area contributed by atoms with Crippen LogP contribution in [0.2, 0.25) is 0 Å². The summed E-state index contributed by atoms with van der Waals surface area (Å²) in [5.41, 5.74) is -21.0. The molecule has 0 N–H and O–H groups in total. The molecule has 0 radical (unpaired) electrons. The van der Waals surface area contributed by atoms with Gasteiger partial charge in [0.15, 0.2) is 0 Å². The Bertz CT molecular complexity index is 783. The minimum absolute atomic E-state index is 3.41. The Morgan fingerprint density at radius 3 is 1.00 bits per heavy atom. The Balaban J connectivity index is 6.97. The summed E-state index contributed by atoms with van der Waals surface area (Å²) in [6.45, 7) is 0. The van der Waals surface area contributed by atoms with Crippen LogP contribution in [0.25, 0.3) is 0 Å². The molecule has 0 aliphatic rings. The Morgan fingerprint density at radius 2 is 0.833 bits per heavy atom. The maximum absolute atomic E-state index is 12.2. The van der Waals surface area contributed by atoms with E-state index in [1.165, 1.54) is 0 Å². The zero-order valence-corrected chi connectivity index (χ0v) is 12.4. The molecule has 1 amide bonds. The molecule has 0 aromatic rings. The molecule has 0 spiro atoms. The highest BCUT2D eigenvalue weighted by Crippen LogP contribution is 2.38. The largest absolute Gasteiger partial charge is 0.517 e. The predicted octanol–water partition coefficient (Wildman–Crippen LogP) is 1.04. The second-order valence-corrected chi connectivity index (χ2v) is 8.92. The van der Waals surface area contributed by atoms with Crippen molar-refractivity contribution in [2.24, 2.45) is 0 Å². The first-order valence-corrected chi connectivity index (χ1v) is 8.67. The van der Waals surface area contributed by atoms with E-state index in [9.17, 15) is 69.6 Å². The van der Waals surface area contributed by atoms with Crippen molar-refractivity contribution in [1.29, 1.82) is 0 Å². The van der Waals surface area contributed by atoms with E-state index in [2.05, 4.69) is 0 Å². The quantitative estimate of drug-likeness (QED) is 0.587. The zero-order chi connectivity index (χ0) is 20.2. The molecule has 20 heteroatoms. The van der Waals surface area contributed by atoms with Gasteiger partial charge in [0.2, 0.25) is 0 Å². The lowest BCUT2D eigenvalue weighted by Crippen LogP contribution is -2.55. The molecule has 0 rings (SSSR count). The third-order valence-corrected chi connectivity index (χ3v) is 6.74. The van der Waals surface area contributed by atoms with Crippen LogP contribution < -0.4 is 0 Å². The minimum Gasteiger partial charge on any atom is -0.253 e. The van der Waals surface area contributed by atoms with Crippen molar-refractivity contribution in [2.45, 2.75) is 16.5 Å². The number of sulfone groups is 1. The van der Waals surface area contributed by atoms with Crippen molar-refractivity contribution in [3.05, 3.63) is 0 Å². The monoisotopic (exact) mass is 441 g/mol. The molecule has 24 heavy (non-hydrogen) atoms. The smallest absolute Gasteiger partial charge is 0.253 e. The molecular weight excluding hydrogens is 441 g/mol. The molecule has 0 heterocycles. The third kappa shape index (κ3) is 3.53. The summed E-state index contributed by atoms with van der Waals surface area (Å²) < 4.78 is 170. The first-order valence-electron chi connectivity index (χ1n) is 4.31. The normalized spacial score (nSPS) is 15.2. The molecule has 0 fully saturated rings. The number of hydrogen-bond donors (Lipinski definition) is 0. The Labute approximate surface area is 125 Å². The van der Waals surface area contributed by atoms with Crippen LogP contribution >= 0.6 is 0 Å². The van der Waals surface area contributed by atoms with Crippen LogP contribution in [0, 0.1) is 0 Å². The topological polar surface area (TPSA) is 123 Å². The molecule has 0 aromatic heterocycles. The van der Waals surface area contributed by atoms with Crippen molar-refractivity contribution in [3.8, 4) is 0 Å². The van der Waals surface area contributed by atoms with Gasteiger partial charge in [0.25, 0.3) is 0 Å². The van der Waals surface area contributed by atoms with E-state index in [4.69, 9.17) is 0 Å². The lowest BCUT2D eigenvalue weighted by molar-refractivity contribution is -0.0524. The van der Waals surface area contributed by atoms with E-state index in [1.807, 2.05) is 0 Å². The maximum atomic E-state index is 12.2. The van der Waals surface area contributed by atoms with Gasteiger partial charge in [-0.15, -0.1) is 3.71 Å². The second kappa shape index (κ2) is 5.61. The van der Waals surface area contributed by atoms with Crippen molar-refractivity contribution < 1.29 is 69.6 Å². The Morgan fingerprint density at radius 1 is 0.583 bits per heavy atom. The molecule has 0 saturated heterocycles. The number of alkyl halides is 9. The molecule has 144 valence electrons. The molecule has 0 bridgehead atoms. The van der Waals surface area contributed by atoms with Crippen LogP contribution in [0.4, 0.5) is 44.3 Å². The molecule has 8 nitrogen and oxygen atoms in total. The molecular formula is C4F9NO7S3. The van der Waals surface area contributed by atoms with E-state index in [1.54, 1.807) is 0 Å². The van der Waals surface area contributed by atoms with Crippen molar-refractivity contribution in [3.63, 3.8) is 0 Å². The van der Waals surface area contributed by atoms with Crippen LogP contribution in [0.1, 0.15) is 0 Å². The van der Waals surface area contributed by atoms with E-state index in [0.717, 1.165) is 0 Å². The van der Waals surface area contributed by atoms with Gasteiger partial charge in [-0.05, 0) is 0 Å². The van der Waals surface area contributed by atoms with Gasteiger partial charge in [-0.1, -0.05) is 0 Å². The average Bonchev–Trinajstić information content (AvgIpc) is 2.23. The van der Waals surface area contributed by atoms with Gasteiger partial charge in [0, 0.05) is 0 Å². The van der Waals surface area contributed by atoms with Crippen LogP contribution in [0.3, 0.4) is 0 Å². The summed E-state index contributed by atoms with van der Waals surface area (Å²) in [5, 5.41) is -4.52. The van der Waals surface area contributed by atoms with Crippen LogP contribution in [0.5, 0.6) is 0 Å². The number of hydrogen-bond acceptors (Lipinski definition) is 7. The first-order chi connectivity index (χ1) is 10.0. The highest BCUT2D eigenvalue weighted by molar-refractivity contribution is 8.13. The standard InChI is InChI=1S/C4F9NO7S3/c5-2(6,7)22(16,17)1(15)14(23(18,19)3(8,9)10)24(20,21)4(11,12)13. The fourth-order valence-corrected chi connectivity index (χ4v) is 4.59. The van der Waals surface area contributed by atoms with Crippen LogP contribution in [-0.2, 0) is 29.9 Å². The van der Waals surface area contributed by atoms with Gasteiger partial charge in [-0.3, -0.25) is 4.79 Å². The van der Waals surface area contributed by atoms with Crippen molar-refractivity contribution in [2.75, 3.05) is 0 Å². The second-order valence-electron chi connectivity index (χ2n) is 3.31. The number of carbonyl (C=O) groups excluding carboxylic acids is 1. The molecule has 0 saturated carbocycles. The number of halogens is 9. The molecule has 0 aliphatic carbocycles. The van der Waals surface area contributed by atoms with Crippen molar-refractivity contribution >= 4 is 35.1 Å². The number of amides is 1. The third-order valence-electron chi connectivity index (χ3n) is 1.71.